The summed E-state index contributed by atoms with van der Waals surface area (Å²) in [6.07, 6.45) is 4.46. The third-order valence-electron chi connectivity index (χ3n) is 4.60. The molecule has 3 rings (SSSR count). The first-order chi connectivity index (χ1) is 11.2. The molecule has 5 nitrogen and oxygen atoms in total. The molecule has 1 aromatic heterocycles. The van der Waals surface area contributed by atoms with E-state index in [1.165, 1.54) is 0 Å². The van der Waals surface area contributed by atoms with E-state index in [9.17, 15) is 0 Å². The van der Waals surface area contributed by atoms with E-state index in [1.807, 2.05) is 12.1 Å². The number of piperidine rings is 1. The van der Waals surface area contributed by atoms with E-state index in [0.29, 0.717) is 12.1 Å². The van der Waals surface area contributed by atoms with Crippen LogP contribution in [0.5, 0.6) is 0 Å². The van der Waals surface area contributed by atoms with Crippen LogP contribution in [0.4, 0.5) is 5.82 Å². The number of fused-ring (bicyclic) bond motifs is 1. The van der Waals surface area contributed by atoms with Crippen LogP contribution < -0.4 is 4.90 Å². The van der Waals surface area contributed by atoms with Crippen molar-refractivity contribution in [3.8, 4) is 0 Å². The Labute approximate surface area is 138 Å². The standard InChI is InChI=1S/C17H24N3O2P/c1-2-16-18-15-6-4-3-5-14(15)17(19-16)20-10-7-13(8-11-20)9-12-23(21)22/h3-6,13,21-22H,2,7-12H2,1H3. The number of hydrogen-bond donors (Lipinski definition) is 2. The second-order valence-corrected chi connectivity index (χ2v) is 7.34. The van der Waals surface area contributed by atoms with Crippen molar-refractivity contribution in [1.82, 2.24) is 9.97 Å². The van der Waals surface area contributed by atoms with E-state index in [2.05, 4.69) is 28.9 Å². The van der Waals surface area contributed by atoms with E-state index >= 15 is 0 Å². The highest BCUT2D eigenvalue weighted by atomic mass is 31.2. The van der Waals surface area contributed by atoms with Gasteiger partial charge in [-0.25, -0.2) is 9.97 Å². The lowest BCUT2D eigenvalue weighted by molar-refractivity contribution is 0.386. The Bertz CT molecular complexity index is 657. The van der Waals surface area contributed by atoms with Crippen LogP contribution in [0, 0.1) is 5.92 Å². The van der Waals surface area contributed by atoms with Crippen molar-refractivity contribution in [3.05, 3.63) is 30.1 Å². The van der Waals surface area contributed by atoms with E-state index in [-0.39, 0.29) is 0 Å². The maximum Gasteiger partial charge on any atom is 0.164 e. The van der Waals surface area contributed by atoms with Crippen LogP contribution in [-0.4, -0.2) is 39.0 Å². The molecule has 6 heteroatoms. The molecule has 1 aliphatic rings. The zero-order valence-electron chi connectivity index (χ0n) is 13.5. The van der Waals surface area contributed by atoms with Gasteiger partial charge in [0.2, 0.25) is 0 Å². The molecule has 0 aliphatic carbocycles. The van der Waals surface area contributed by atoms with Crippen molar-refractivity contribution >= 4 is 25.1 Å². The summed E-state index contributed by atoms with van der Waals surface area (Å²) in [6.45, 7) is 4.04. The fourth-order valence-corrected chi connectivity index (χ4v) is 3.83. The highest BCUT2D eigenvalue weighted by molar-refractivity contribution is 7.45. The van der Waals surface area contributed by atoms with Crippen LogP contribution in [0.2, 0.25) is 0 Å². The first-order valence-electron chi connectivity index (χ1n) is 8.33. The average Bonchev–Trinajstić information content (AvgIpc) is 2.59. The molecule has 2 aromatic rings. The Morgan fingerprint density at radius 3 is 2.61 bits per heavy atom. The van der Waals surface area contributed by atoms with Gasteiger partial charge in [-0.05, 0) is 37.3 Å². The number of aryl methyl sites for hydroxylation is 1. The molecule has 1 fully saturated rings. The quantitative estimate of drug-likeness (QED) is 0.823. The summed E-state index contributed by atoms with van der Waals surface area (Å²) in [6, 6.07) is 8.21. The van der Waals surface area contributed by atoms with Gasteiger partial charge in [0, 0.05) is 31.1 Å². The summed E-state index contributed by atoms with van der Waals surface area (Å²) in [4.78, 5) is 29.9. The number of rotatable bonds is 5. The molecule has 0 unspecified atom stereocenters. The Hall–Kier alpha value is -1.29. The summed E-state index contributed by atoms with van der Waals surface area (Å²) in [5.41, 5.74) is 1.02. The van der Waals surface area contributed by atoms with Crippen LogP contribution in [0.15, 0.2) is 24.3 Å². The molecular formula is C17H24N3O2P. The molecule has 1 aliphatic heterocycles. The summed E-state index contributed by atoms with van der Waals surface area (Å²) in [5, 5.41) is 1.12. The van der Waals surface area contributed by atoms with Crippen molar-refractivity contribution in [1.29, 1.82) is 0 Å². The predicted molar refractivity (Wildman–Crippen MR) is 94.7 cm³/mol. The second-order valence-electron chi connectivity index (χ2n) is 6.15. The van der Waals surface area contributed by atoms with Crippen molar-refractivity contribution in [3.63, 3.8) is 0 Å². The molecule has 0 atom stereocenters. The summed E-state index contributed by atoms with van der Waals surface area (Å²) >= 11 is 0. The van der Waals surface area contributed by atoms with Crippen LogP contribution >= 0.6 is 8.38 Å². The fraction of sp³-hybridized carbons (Fsp3) is 0.529. The fourth-order valence-electron chi connectivity index (χ4n) is 3.24. The minimum absolute atomic E-state index is 0.538. The number of anilines is 1. The molecule has 0 bridgehead atoms. The molecule has 23 heavy (non-hydrogen) atoms. The maximum atomic E-state index is 9.08. The summed E-state index contributed by atoms with van der Waals surface area (Å²) < 4.78 is 0. The topological polar surface area (TPSA) is 69.5 Å². The highest BCUT2D eigenvalue weighted by Gasteiger charge is 2.22. The third kappa shape index (κ3) is 3.97. The van der Waals surface area contributed by atoms with Crippen LogP contribution in [0.1, 0.15) is 32.0 Å². The number of benzene rings is 1. The van der Waals surface area contributed by atoms with E-state index < -0.39 is 8.38 Å². The van der Waals surface area contributed by atoms with Crippen molar-refractivity contribution in [2.75, 3.05) is 24.2 Å². The normalized spacial score (nSPS) is 16.4. The zero-order valence-corrected chi connectivity index (χ0v) is 14.4. The van der Waals surface area contributed by atoms with Gasteiger partial charge in [-0.1, -0.05) is 19.1 Å². The van der Waals surface area contributed by atoms with Gasteiger partial charge in [0.15, 0.2) is 8.38 Å². The molecule has 0 spiro atoms. The lowest BCUT2D eigenvalue weighted by atomic mass is 9.94. The Morgan fingerprint density at radius 2 is 1.91 bits per heavy atom. The number of para-hydroxylation sites is 1. The molecule has 124 valence electrons. The highest BCUT2D eigenvalue weighted by Crippen LogP contribution is 2.32. The Morgan fingerprint density at radius 1 is 1.17 bits per heavy atom. The van der Waals surface area contributed by atoms with Crippen LogP contribution in [0.25, 0.3) is 10.9 Å². The molecule has 2 heterocycles. The van der Waals surface area contributed by atoms with E-state index in [1.54, 1.807) is 0 Å². The SMILES string of the molecule is CCc1nc(N2CCC(CCP(O)O)CC2)c2ccccc2n1. The van der Waals surface area contributed by atoms with Crippen molar-refractivity contribution < 1.29 is 9.79 Å². The minimum Gasteiger partial charge on any atom is -0.356 e. The molecule has 1 saturated heterocycles. The van der Waals surface area contributed by atoms with Gasteiger partial charge in [-0.15, -0.1) is 0 Å². The second kappa shape index (κ2) is 7.52. The maximum absolute atomic E-state index is 9.08. The van der Waals surface area contributed by atoms with Crippen molar-refractivity contribution in [2.24, 2.45) is 5.92 Å². The van der Waals surface area contributed by atoms with Crippen molar-refractivity contribution in [2.45, 2.75) is 32.6 Å². The lowest BCUT2D eigenvalue weighted by Crippen LogP contribution is -2.34. The monoisotopic (exact) mass is 333 g/mol. The predicted octanol–water partition coefficient (Wildman–Crippen LogP) is 3.10. The number of hydrogen-bond acceptors (Lipinski definition) is 5. The molecule has 1 aromatic carbocycles. The van der Waals surface area contributed by atoms with Gasteiger partial charge in [-0.2, -0.15) is 0 Å². The molecule has 0 radical (unpaired) electrons. The van der Waals surface area contributed by atoms with Crippen LogP contribution in [-0.2, 0) is 6.42 Å². The molecule has 2 N–H and O–H groups in total. The van der Waals surface area contributed by atoms with Crippen LogP contribution in [0.3, 0.4) is 0 Å². The summed E-state index contributed by atoms with van der Waals surface area (Å²) in [7, 11) is -1.74. The van der Waals surface area contributed by atoms with E-state index in [4.69, 9.17) is 14.8 Å². The van der Waals surface area contributed by atoms with E-state index in [0.717, 1.165) is 61.3 Å². The summed E-state index contributed by atoms with van der Waals surface area (Å²) in [5.74, 6) is 2.54. The average molecular weight is 333 g/mol. The smallest absolute Gasteiger partial charge is 0.164 e. The number of aromatic nitrogens is 2. The lowest BCUT2D eigenvalue weighted by Gasteiger charge is -2.33. The van der Waals surface area contributed by atoms with Gasteiger partial charge >= 0.3 is 0 Å². The Balaban J connectivity index is 1.76. The van der Waals surface area contributed by atoms with Gasteiger partial charge in [0.25, 0.3) is 0 Å². The van der Waals surface area contributed by atoms with Gasteiger partial charge in [0.05, 0.1) is 5.52 Å². The van der Waals surface area contributed by atoms with Gasteiger partial charge in [0.1, 0.15) is 11.6 Å². The van der Waals surface area contributed by atoms with Gasteiger partial charge < -0.3 is 14.7 Å². The number of nitrogens with zero attached hydrogens (tertiary/aromatic N) is 3. The molecule has 0 amide bonds. The van der Waals surface area contributed by atoms with Gasteiger partial charge in [-0.3, -0.25) is 0 Å². The molecular weight excluding hydrogens is 309 g/mol. The zero-order chi connectivity index (χ0) is 16.2. The first kappa shape index (κ1) is 16.6. The molecule has 0 saturated carbocycles. The largest absolute Gasteiger partial charge is 0.356 e. The minimum atomic E-state index is -1.74. The Kier molecular flexibility index (Phi) is 5.42. The third-order valence-corrected chi connectivity index (χ3v) is 5.26. The first-order valence-corrected chi connectivity index (χ1v) is 9.76.